The van der Waals surface area contributed by atoms with Crippen LogP contribution in [-0.4, -0.2) is 60.2 Å². The normalized spacial score (nSPS) is 17.1. The van der Waals surface area contributed by atoms with Crippen LogP contribution in [-0.2, 0) is 14.3 Å². The summed E-state index contributed by atoms with van der Waals surface area (Å²) in [6, 6.07) is 5.94. The van der Waals surface area contributed by atoms with Crippen molar-refractivity contribution in [3.05, 3.63) is 53.7 Å². The molecule has 3 heterocycles. The van der Waals surface area contributed by atoms with Gasteiger partial charge >= 0.3 is 6.18 Å². The number of ether oxygens (including phenoxy) is 2. The molecule has 0 unspecified atom stereocenters. The summed E-state index contributed by atoms with van der Waals surface area (Å²) >= 11 is 0. The lowest BCUT2D eigenvalue weighted by molar-refractivity contribution is -0.189. The van der Waals surface area contributed by atoms with Crippen molar-refractivity contribution in [2.45, 2.75) is 44.1 Å². The number of likely N-dealkylation sites (N-methyl/N-ethyl adjacent to an activating group) is 1. The summed E-state index contributed by atoms with van der Waals surface area (Å²) in [4.78, 5) is 33.8. The third kappa shape index (κ3) is 5.49. The fraction of sp³-hybridized carbons (Fsp3) is 0.385. The number of carbonyl (C=O) groups excluding carboxylic acids is 2. The molecule has 38 heavy (non-hydrogen) atoms. The number of aromatic nitrogens is 2. The topological polar surface area (TPSA) is 106 Å². The van der Waals surface area contributed by atoms with E-state index < -0.39 is 24.2 Å². The Balaban J connectivity index is 1.63. The smallest absolute Gasteiger partial charge is 0.413 e. The summed E-state index contributed by atoms with van der Waals surface area (Å²) in [7, 11) is 4.16. The highest BCUT2D eigenvalue weighted by Gasteiger charge is 2.46. The Morgan fingerprint density at radius 2 is 1.89 bits per heavy atom. The summed E-state index contributed by atoms with van der Waals surface area (Å²) in [5, 5.41) is 5.62. The van der Waals surface area contributed by atoms with E-state index in [4.69, 9.17) is 9.47 Å². The molecule has 9 nitrogen and oxygen atoms in total. The highest BCUT2D eigenvalue weighted by molar-refractivity contribution is 5.91. The molecule has 3 atom stereocenters. The van der Waals surface area contributed by atoms with Crippen LogP contribution < -0.4 is 15.4 Å². The van der Waals surface area contributed by atoms with Crippen LogP contribution in [0.25, 0.3) is 11.0 Å². The Hall–Kier alpha value is -3.93. The molecule has 0 saturated carbocycles. The maximum Gasteiger partial charge on any atom is 0.413 e. The predicted octanol–water partition coefficient (Wildman–Crippen LogP) is 4.43. The highest BCUT2D eigenvalue weighted by atomic mass is 19.4. The van der Waals surface area contributed by atoms with Crippen molar-refractivity contribution >= 4 is 34.2 Å². The minimum absolute atomic E-state index is 0.108. The average Bonchev–Trinajstić information content (AvgIpc) is 3.33. The second-order valence-electron chi connectivity index (χ2n) is 8.98. The van der Waals surface area contributed by atoms with Gasteiger partial charge in [-0.25, -0.2) is 4.98 Å². The Kier molecular flexibility index (Phi) is 7.72. The SMILES string of the molecule is COc1ccc2ncc(Nc3ccc([C@H](N(C)C(=O)[C@@H]4CCC(=O)N4)C(F)(F)F)cc3)c([C@H](C)OC)c2n1. The van der Waals surface area contributed by atoms with E-state index in [1.165, 1.54) is 31.4 Å². The van der Waals surface area contributed by atoms with Crippen LogP contribution in [0.3, 0.4) is 0 Å². The van der Waals surface area contributed by atoms with Crippen LogP contribution in [0.1, 0.15) is 43.0 Å². The number of rotatable bonds is 8. The fourth-order valence-electron chi connectivity index (χ4n) is 4.52. The summed E-state index contributed by atoms with van der Waals surface area (Å²) in [6.45, 7) is 1.84. The summed E-state index contributed by atoms with van der Waals surface area (Å²) in [5.41, 5.74) is 2.85. The molecule has 0 bridgehead atoms. The lowest BCUT2D eigenvalue weighted by Gasteiger charge is -2.32. The number of hydrogen-bond acceptors (Lipinski definition) is 7. The molecule has 1 aliphatic heterocycles. The van der Waals surface area contributed by atoms with E-state index in [9.17, 15) is 22.8 Å². The van der Waals surface area contributed by atoms with Crippen molar-refractivity contribution in [1.29, 1.82) is 0 Å². The minimum atomic E-state index is -4.73. The Bertz CT molecular complexity index is 1330. The third-order valence-electron chi connectivity index (χ3n) is 6.54. The first-order valence-electron chi connectivity index (χ1n) is 11.9. The van der Waals surface area contributed by atoms with Gasteiger partial charge in [-0.05, 0) is 37.1 Å². The first-order chi connectivity index (χ1) is 18.0. The largest absolute Gasteiger partial charge is 0.481 e. The number of hydrogen-bond donors (Lipinski definition) is 2. The van der Waals surface area contributed by atoms with Gasteiger partial charge in [0.2, 0.25) is 17.7 Å². The van der Waals surface area contributed by atoms with Crippen molar-refractivity contribution < 1.29 is 32.2 Å². The number of anilines is 2. The maximum atomic E-state index is 14.1. The van der Waals surface area contributed by atoms with E-state index in [1.54, 1.807) is 25.4 Å². The van der Waals surface area contributed by atoms with E-state index in [2.05, 4.69) is 20.6 Å². The second-order valence-corrected chi connectivity index (χ2v) is 8.98. The number of amides is 2. The van der Waals surface area contributed by atoms with E-state index in [0.29, 0.717) is 38.8 Å². The van der Waals surface area contributed by atoms with Crippen LogP contribution in [0.4, 0.5) is 24.5 Å². The molecule has 1 saturated heterocycles. The lowest BCUT2D eigenvalue weighted by Crippen LogP contribution is -2.47. The monoisotopic (exact) mass is 531 g/mol. The van der Waals surface area contributed by atoms with Gasteiger partial charge < -0.3 is 25.0 Å². The maximum absolute atomic E-state index is 14.1. The van der Waals surface area contributed by atoms with Crippen molar-refractivity contribution in [1.82, 2.24) is 20.2 Å². The second kappa shape index (κ2) is 10.8. The number of benzene rings is 1. The minimum Gasteiger partial charge on any atom is -0.481 e. The molecule has 3 aromatic rings. The van der Waals surface area contributed by atoms with Gasteiger partial charge in [0, 0.05) is 37.9 Å². The van der Waals surface area contributed by atoms with E-state index in [-0.39, 0.29) is 30.4 Å². The molecule has 2 amide bonds. The van der Waals surface area contributed by atoms with Crippen molar-refractivity contribution in [3.8, 4) is 5.88 Å². The van der Waals surface area contributed by atoms with Crippen LogP contribution >= 0.6 is 0 Å². The van der Waals surface area contributed by atoms with E-state index in [0.717, 1.165) is 7.05 Å². The zero-order chi connectivity index (χ0) is 27.6. The standard InChI is InChI=1S/C26H28F3N5O4/c1-14(37-3)22-19(13-30-17-10-12-21(38-4)33-23(17)22)31-16-7-5-15(6-8-16)24(26(27,28)29)34(2)25(36)18-9-11-20(35)32-18/h5-8,10,12-14,18,24,31H,9,11H2,1-4H3,(H,32,35)/t14-,18-,24-/m0/s1. The molecule has 202 valence electrons. The first kappa shape index (κ1) is 27.1. The molecular weight excluding hydrogens is 503 g/mol. The molecule has 0 radical (unpaired) electrons. The fourth-order valence-corrected chi connectivity index (χ4v) is 4.52. The Labute approximate surface area is 217 Å². The van der Waals surface area contributed by atoms with E-state index in [1.807, 2.05) is 6.92 Å². The number of methoxy groups -OCH3 is 2. The van der Waals surface area contributed by atoms with Gasteiger partial charge in [-0.2, -0.15) is 13.2 Å². The quantitative estimate of drug-likeness (QED) is 0.443. The van der Waals surface area contributed by atoms with Crippen LogP contribution in [0.2, 0.25) is 0 Å². The number of alkyl halides is 3. The zero-order valence-electron chi connectivity index (χ0n) is 21.3. The van der Waals surface area contributed by atoms with Crippen LogP contribution in [0.5, 0.6) is 5.88 Å². The third-order valence-corrected chi connectivity index (χ3v) is 6.54. The molecule has 0 spiro atoms. The Morgan fingerprint density at radius 3 is 2.47 bits per heavy atom. The van der Waals surface area contributed by atoms with Gasteiger partial charge in [0.25, 0.3) is 0 Å². The molecule has 2 N–H and O–H groups in total. The van der Waals surface area contributed by atoms with Crippen molar-refractivity contribution in [2.75, 3.05) is 26.6 Å². The van der Waals surface area contributed by atoms with Gasteiger partial charge in [0.05, 0.1) is 30.6 Å². The number of carbonyl (C=O) groups is 2. The highest BCUT2D eigenvalue weighted by Crippen LogP contribution is 2.39. The summed E-state index contributed by atoms with van der Waals surface area (Å²) in [5.74, 6) is -0.738. The van der Waals surface area contributed by atoms with Crippen LogP contribution in [0, 0.1) is 0 Å². The Morgan fingerprint density at radius 1 is 1.18 bits per heavy atom. The van der Waals surface area contributed by atoms with Gasteiger partial charge in [-0.1, -0.05) is 12.1 Å². The molecule has 0 aliphatic carbocycles. The predicted molar refractivity (Wildman–Crippen MR) is 134 cm³/mol. The number of nitrogens with one attached hydrogen (secondary N) is 2. The number of nitrogens with zero attached hydrogens (tertiary/aromatic N) is 3. The van der Waals surface area contributed by atoms with Gasteiger partial charge in [0.1, 0.15) is 11.6 Å². The molecule has 12 heteroatoms. The van der Waals surface area contributed by atoms with Crippen LogP contribution in [0.15, 0.2) is 42.6 Å². The summed E-state index contributed by atoms with van der Waals surface area (Å²) < 4.78 is 53.0. The van der Waals surface area contributed by atoms with E-state index >= 15 is 0 Å². The molecule has 4 rings (SSSR count). The molecule has 2 aromatic heterocycles. The molecule has 1 aromatic carbocycles. The average molecular weight is 532 g/mol. The van der Waals surface area contributed by atoms with Gasteiger partial charge in [0.15, 0.2) is 6.04 Å². The van der Waals surface area contributed by atoms with Crippen molar-refractivity contribution in [3.63, 3.8) is 0 Å². The molecular formula is C26H28F3N5O4. The van der Waals surface area contributed by atoms with Gasteiger partial charge in [-0.3, -0.25) is 14.6 Å². The lowest BCUT2D eigenvalue weighted by atomic mass is 10.0. The molecule has 1 aliphatic rings. The van der Waals surface area contributed by atoms with Crippen molar-refractivity contribution in [2.24, 2.45) is 0 Å². The van der Waals surface area contributed by atoms with Gasteiger partial charge in [-0.15, -0.1) is 0 Å². The summed E-state index contributed by atoms with van der Waals surface area (Å²) in [6.07, 6.45) is -3.23. The zero-order valence-corrected chi connectivity index (χ0v) is 21.3. The number of fused-ring (bicyclic) bond motifs is 1. The molecule has 1 fully saturated rings. The number of halogens is 3. The first-order valence-corrected chi connectivity index (χ1v) is 11.9. The number of pyridine rings is 2.